The van der Waals surface area contributed by atoms with E-state index in [0.717, 1.165) is 11.1 Å². The lowest BCUT2D eigenvalue weighted by molar-refractivity contribution is 0.163. The Morgan fingerprint density at radius 3 is 2.33 bits per heavy atom. The van der Waals surface area contributed by atoms with Gasteiger partial charge in [-0.05, 0) is 26.3 Å². The maximum Gasteiger partial charge on any atom is 0.317 e. The summed E-state index contributed by atoms with van der Waals surface area (Å²) in [6.45, 7) is 7.43. The van der Waals surface area contributed by atoms with Crippen molar-refractivity contribution in [3.8, 4) is 0 Å². The van der Waals surface area contributed by atoms with Crippen LogP contribution in [0.15, 0.2) is 24.3 Å². The lowest BCUT2D eigenvalue weighted by Gasteiger charge is -2.20. The molecular formula is C14H22N2O2. The number of amides is 2. The second-order valence-electron chi connectivity index (χ2n) is 4.28. The van der Waals surface area contributed by atoms with E-state index < -0.39 is 6.10 Å². The molecule has 1 rings (SSSR count). The van der Waals surface area contributed by atoms with Gasteiger partial charge in [0.1, 0.15) is 0 Å². The number of carbonyl (C=O) groups is 1. The first kappa shape index (κ1) is 14.5. The molecule has 0 bridgehead atoms. The SMILES string of the molecule is CCN(CC)C(=O)NCC(O)c1ccc(C)cc1. The molecule has 0 radical (unpaired) electrons. The molecule has 1 unspecified atom stereocenters. The van der Waals surface area contributed by atoms with Gasteiger partial charge in [0.15, 0.2) is 0 Å². The Hall–Kier alpha value is -1.55. The van der Waals surface area contributed by atoms with E-state index in [1.165, 1.54) is 0 Å². The van der Waals surface area contributed by atoms with Crippen LogP contribution in [0.5, 0.6) is 0 Å². The molecule has 0 aliphatic heterocycles. The van der Waals surface area contributed by atoms with Crippen LogP contribution in [0.25, 0.3) is 0 Å². The van der Waals surface area contributed by atoms with Crippen LogP contribution in [0.2, 0.25) is 0 Å². The highest BCUT2D eigenvalue weighted by Crippen LogP contribution is 2.12. The van der Waals surface area contributed by atoms with Gasteiger partial charge in [-0.15, -0.1) is 0 Å². The molecule has 4 heteroatoms. The van der Waals surface area contributed by atoms with E-state index in [2.05, 4.69) is 5.32 Å². The van der Waals surface area contributed by atoms with E-state index in [1.807, 2.05) is 45.0 Å². The molecule has 0 aromatic heterocycles. The predicted octanol–water partition coefficient (Wildman–Crippen LogP) is 2.08. The Balaban J connectivity index is 2.48. The maximum absolute atomic E-state index is 11.7. The summed E-state index contributed by atoms with van der Waals surface area (Å²) in [5.41, 5.74) is 1.97. The van der Waals surface area contributed by atoms with Gasteiger partial charge in [0.2, 0.25) is 0 Å². The molecule has 0 aliphatic rings. The van der Waals surface area contributed by atoms with E-state index in [4.69, 9.17) is 0 Å². The first-order valence-electron chi connectivity index (χ1n) is 6.35. The first-order valence-corrected chi connectivity index (χ1v) is 6.35. The van der Waals surface area contributed by atoms with Crippen LogP contribution in [0.1, 0.15) is 31.1 Å². The number of nitrogens with zero attached hydrogens (tertiary/aromatic N) is 1. The van der Waals surface area contributed by atoms with Crippen molar-refractivity contribution in [1.29, 1.82) is 0 Å². The molecule has 1 atom stereocenters. The molecule has 4 nitrogen and oxygen atoms in total. The number of hydrogen-bond donors (Lipinski definition) is 2. The average molecular weight is 250 g/mol. The summed E-state index contributed by atoms with van der Waals surface area (Å²) < 4.78 is 0. The third kappa shape index (κ3) is 4.04. The normalized spacial score (nSPS) is 12.0. The molecule has 0 saturated carbocycles. The van der Waals surface area contributed by atoms with Crippen molar-refractivity contribution >= 4 is 6.03 Å². The Kier molecular flexibility index (Phi) is 5.65. The zero-order valence-electron chi connectivity index (χ0n) is 11.3. The topological polar surface area (TPSA) is 52.6 Å². The van der Waals surface area contributed by atoms with Crippen LogP contribution in [0.3, 0.4) is 0 Å². The second kappa shape index (κ2) is 7.01. The first-order chi connectivity index (χ1) is 8.58. The highest BCUT2D eigenvalue weighted by molar-refractivity contribution is 5.74. The second-order valence-corrected chi connectivity index (χ2v) is 4.28. The van der Waals surface area contributed by atoms with Gasteiger partial charge in [0.25, 0.3) is 0 Å². The van der Waals surface area contributed by atoms with Crippen molar-refractivity contribution < 1.29 is 9.90 Å². The van der Waals surface area contributed by atoms with Gasteiger partial charge in [-0.1, -0.05) is 29.8 Å². The lowest BCUT2D eigenvalue weighted by atomic mass is 10.1. The Labute approximate surface area is 109 Å². The van der Waals surface area contributed by atoms with E-state index >= 15 is 0 Å². The minimum atomic E-state index is -0.662. The van der Waals surface area contributed by atoms with Gasteiger partial charge in [-0.25, -0.2) is 4.79 Å². The summed E-state index contributed by atoms with van der Waals surface area (Å²) in [6.07, 6.45) is -0.662. The summed E-state index contributed by atoms with van der Waals surface area (Å²) >= 11 is 0. The molecule has 18 heavy (non-hydrogen) atoms. The summed E-state index contributed by atoms with van der Waals surface area (Å²) in [6, 6.07) is 7.52. The summed E-state index contributed by atoms with van der Waals surface area (Å²) in [5.74, 6) is 0. The number of nitrogens with one attached hydrogen (secondary N) is 1. The van der Waals surface area contributed by atoms with Gasteiger partial charge >= 0.3 is 6.03 Å². The molecule has 1 aromatic rings. The highest BCUT2D eigenvalue weighted by Gasteiger charge is 2.12. The van der Waals surface area contributed by atoms with Gasteiger partial charge in [0, 0.05) is 19.6 Å². The number of hydrogen-bond acceptors (Lipinski definition) is 2. The van der Waals surface area contributed by atoms with Crippen LogP contribution >= 0.6 is 0 Å². The van der Waals surface area contributed by atoms with Gasteiger partial charge < -0.3 is 15.3 Å². The monoisotopic (exact) mass is 250 g/mol. The smallest absolute Gasteiger partial charge is 0.317 e. The molecule has 100 valence electrons. The summed E-state index contributed by atoms with van der Waals surface area (Å²) in [5, 5.41) is 12.7. The van der Waals surface area contributed by atoms with Gasteiger partial charge in [-0.2, -0.15) is 0 Å². The van der Waals surface area contributed by atoms with Crippen LogP contribution in [-0.2, 0) is 0 Å². The molecule has 0 saturated heterocycles. The van der Waals surface area contributed by atoms with Gasteiger partial charge in [-0.3, -0.25) is 0 Å². The van der Waals surface area contributed by atoms with Crippen molar-refractivity contribution in [2.24, 2.45) is 0 Å². The number of aliphatic hydroxyl groups excluding tert-OH is 1. The van der Waals surface area contributed by atoms with E-state index in [1.54, 1.807) is 4.90 Å². The van der Waals surface area contributed by atoms with Crippen molar-refractivity contribution in [1.82, 2.24) is 10.2 Å². The number of benzene rings is 1. The number of aliphatic hydroxyl groups is 1. The van der Waals surface area contributed by atoms with Crippen LogP contribution < -0.4 is 5.32 Å². The molecule has 0 aliphatic carbocycles. The largest absolute Gasteiger partial charge is 0.387 e. The quantitative estimate of drug-likeness (QED) is 0.840. The van der Waals surface area contributed by atoms with Crippen LogP contribution in [0, 0.1) is 6.92 Å². The van der Waals surface area contributed by atoms with Crippen molar-refractivity contribution in [2.45, 2.75) is 26.9 Å². The Morgan fingerprint density at radius 1 is 1.28 bits per heavy atom. The van der Waals surface area contributed by atoms with Crippen molar-refractivity contribution in [3.05, 3.63) is 35.4 Å². The van der Waals surface area contributed by atoms with E-state index in [0.29, 0.717) is 13.1 Å². The van der Waals surface area contributed by atoms with Gasteiger partial charge in [0.05, 0.1) is 6.10 Å². The van der Waals surface area contributed by atoms with Crippen LogP contribution in [0.4, 0.5) is 4.79 Å². The molecule has 2 N–H and O–H groups in total. The maximum atomic E-state index is 11.7. The number of rotatable bonds is 5. The fourth-order valence-corrected chi connectivity index (χ4v) is 1.71. The zero-order chi connectivity index (χ0) is 13.5. The molecule has 0 fully saturated rings. The summed E-state index contributed by atoms with van der Waals surface area (Å²) in [7, 11) is 0. The highest BCUT2D eigenvalue weighted by atomic mass is 16.3. The number of aryl methyl sites for hydroxylation is 1. The third-order valence-corrected chi connectivity index (χ3v) is 2.96. The molecular weight excluding hydrogens is 228 g/mol. The Morgan fingerprint density at radius 2 is 1.83 bits per heavy atom. The minimum absolute atomic E-state index is 0.133. The van der Waals surface area contributed by atoms with Crippen molar-refractivity contribution in [3.63, 3.8) is 0 Å². The van der Waals surface area contributed by atoms with E-state index in [9.17, 15) is 9.90 Å². The summed E-state index contributed by atoms with van der Waals surface area (Å²) in [4.78, 5) is 13.4. The number of carbonyl (C=O) groups excluding carboxylic acids is 1. The molecule has 0 spiro atoms. The number of urea groups is 1. The predicted molar refractivity (Wildman–Crippen MR) is 72.5 cm³/mol. The van der Waals surface area contributed by atoms with Crippen molar-refractivity contribution in [2.75, 3.05) is 19.6 Å². The standard InChI is InChI=1S/C14H22N2O2/c1-4-16(5-2)14(18)15-10-13(17)12-8-6-11(3)7-9-12/h6-9,13,17H,4-5,10H2,1-3H3,(H,15,18). The Bertz CT molecular complexity index is 372. The molecule has 2 amide bonds. The molecule has 1 aromatic carbocycles. The third-order valence-electron chi connectivity index (χ3n) is 2.96. The fourth-order valence-electron chi connectivity index (χ4n) is 1.71. The fraction of sp³-hybridized carbons (Fsp3) is 0.500. The zero-order valence-corrected chi connectivity index (χ0v) is 11.3. The lowest BCUT2D eigenvalue weighted by Crippen LogP contribution is -2.41. The minimum Gasteiger partial charge on any atom is -0.387 e. The molecule has 0 heterocycles. The van der Waals surface area contributed by atoms with Crippen LogP contribution in [-0.4, -0.2) is 35.7 Å². The van der Waals surface area contributed by atoms with E-state index in [-0.39, 0.29) is 12.6 Å². The average Bonchev–Trinajstić information content (AvgIpc) is 2.38.